The molecular weight excluding hydrogens is 348 g/mol. The first-order valence-corrected chi connectivity index (χ1v) is 12.1. The van der Waals surface area contributed by atoms with Crippen LogP contribution in [0.15, 0.2) is 48.5 Å². The molecule has 0 bridgehead atoms. The van der Waals surface area contributed by atoms with Gasteiger partial charge in [0.15, 0.2) is 0 Å². The van der Waals surface area contributed by atoms with Crippen LogP contribution < -0.4 is 0 Å². The first kappa shape index (κ1) is 22.1. The van der Waals surface area contributed by atoms with Gasteiger partial charge in [0.2, 0.25) is 0 Å². The van der Waals surface area contributed by atoms with Crippen molar-refractivity contribution in [2.75, 3.05) is 0 Å². The Bertz CT molecular complexity index is 727. The highest BCUT2D eigenvalue weighted by molar-refractivity contribution is 5.35. The molecule has 2 aromatic carbocycles. The maximum Gasteiger partial charge on any atom is -0.00376 e. The highest BCUT2D eigenvalue weighted by Gasteiger charge is 2.29. The predicted molar refractivity (Wildman–Crippen MR) is 128 cm³/mol. The second-order valence-corrected chi connectivity index (χ2v) is 10.1. The topological polar surface area (TPSA) is 0 Å². The molecule has 0 heterocycles. The third kappa shape index (κ3) is 5.33. The minimum atomic E-state index is 0.129. The number of rotatable bonds is 8. The Morgan fingerprint density at radius 1 is 0.828 bits per heavy atom. The number of hydrogen-bond acceptors (Lipinski definition) is 0. The summed E-state index contributed by atoms with van der Waals surface area (Å²) in [5.41, 5.74) is 6.07. The van der Waals surface area contributed by atoms with Gasteiger partial charge in [0, 0.05) is 0 Å². The van der Waals surface area contributed by atoms with Gasteiger partial charge in [0.1, 0.15) is 0 Å². The molecule has 0 spiro atoms. The summed E-state index contributed by atoms with van der Waals surface area (Å²) in [4.78, 5) is 0. The van der Waals surface area contributed by atoms with Crippen molar-refractivity contribution in [2.45, 2.75) is 103 Å². The van der Waals surface area contributed by atoms with Crippen LogP contribution >= 0.6 is 0 Å². The van der Waals surface area contributed by atoms with Crippen molar-refractivity contribution in [1.29, 1.82) is 0 Å². The molecule has 0 radical (unpaired) electrons. The summed E-state index contributed by atoms with van der Waals surface area (Å²) in [5, 5.41) is 0. The summed E-state index contributed by atoms with van der Waals surface area (Å²) in [6.45, 7) is 11.8. The summed E-state index contributed by atoms with van der Waals surface area (Å²) in [6.07, 6.45) is 10.8. The molecule has 1 saturated carbocycles. The van der Waals surface area contributed by atoms with E-state index >= 15 is 0 Å². The molecule has 0 aliphatic heterocycles. The van der Waals surface area contributed by atoms with Gasteiger partial charge in [-0.25, -0.2) is 0 Å². The van der Waals surface area contributed by atoms with Crippen molar-refractivity contribution in [3.8, 4) is 0 Å². The molecule has 0 nitrogen and oxygen atoms in total. The van der Waals surface area contributed by atoms with Crippen molar-refractivity contribution >= 4 is 0 Å². The van der Waals surface area contributed by atoms with Gasteiger partial charge in [0.25, 0.3) is 0 Å². The van der Waals surface area contributed by atoms with Crippen LogP contribution in [0.3, 0.4) is 0 Å². The molecule has 0 unspecified atom stereocenters. The van der Waals surface area contributed by atoms with Gasteiger partial charge in [-0.1, -0.05) is 102 Å². The van der Waals surface area contributed by atoms with E-state index in [1.165, 1.54) is 68.1 Å². The van der Waals surface area contributed by atoms with E-state index in [0.717, 1.165) is 11.8 Å². The smallest absolute Gasteiger partial charge is 0.00376 e. The monoisotopic (exact) mass is 390 g/mol. The van der Waals surface area contributed by atoms with Crippen molar-refractivity contribution in [3.63, 3.8) is 0 Å². The first-order chi connectivity index (χ1) is 14.0. The highest BCUT2D eigenvalue weighted by Crippen LogP contribution is 2.41. The Morgan fingerprint density at radius 3 is 2.00 bits per heavy atom. The standard InChI is InChI=1S/C29H42/c1-6-8-23-10-14-25(15-11-23)22(3)29(4,5)28-20-18-27(19-21-28)26-16-12-24(9-7-2)13-17-26/h10-11,14-15,18-22,24,26H,6-9,12-13,16-17H2,1-5H3/t22-,24?,26?/m1/s1. The van der Waals surface area contributed by atoms with Crippen LogP contribution in [-0.4, -0.2) is 0 Å². The second-order valence-electron chi connectivity index (χ2n) is 10.1. The Balaban J connectivity index is 1.67. The molecule has 1 aliphatic carbocycles. The number of aryl methyl sites for hydroxylation is 1. The zero-order valence-corrected chi connectivity index (χ0v) is 19.5. The Morgan fingerprint density at radius 2 is 1.45 bits per heavy atom. The van der Waals surface area contributed by atoms with E-state index in [1.54, 1.807) is 5.56 Å². The second kappa shape index (κ2) is 9.96. The van der Waals surface area contributed by atoms with Crippen molar-refractivity contribution in [2.24, 2.45) is 5.92 Å². The zero-order chi connectivity index (χ0) is 20.9. The van der Waals surface area contributed by atoms with Gasteiger partial charge in [-0.3, -0.25) is 0 Å². The molecule has 1 atom stereocenters. The lowest BCUT2D eigenvalue weighted by Gasteiger charge is -2.34. The lowest BCUT2D eigenvalue weighted by molar-refractivity contribution is 0.308. The molecule has 158 valence electrons. The minimum Gasteiger partial charge on any atom is -0.0654 e. The van der Waals surface area contributed by atoms with E-state index in [0.29, 0.717) is 5.92 Å². The lowest BCUT2D eigenvalue weighted by atomic mass is 9.70. The quantitative estimate of drug-likeness (QED) is 0.422. The molecule has 29 heavy (non-hydrogen) atoms. The summed E-state index contributed by atoms with van der Waals surface area (Å²) >= 11 is 0. The lowest BCUT2D eigenvalue weighted by Crippen LogP contribution is -2.25. The van der Waals surface area contributed by atoms with Crippen LogP contribution in [0.25, 0.3) is 0 Å². The van der Waals surface area contributed by atoms with E-state index in [9.17, 15) is 0 Å². The summed E-state index contributed by atoms with van der Waals surface area (Å²) in [7, 11) is 0. The van der Waals surface area contributed by atoms with Gasteiger partial charge < -0.3 is 0 Å². The largest absolute Gasteiger partial charge is 0.0654 e. The summed E-state index contributed by atoms with van der Waals surface area (Å²) in [5.74, 6) is 2.26. The van der Waals surface area contributed by atoms with Crippen LogP contribution in [0.5, 0.6) is 0 Å². The average Bonchev–Trinajstić information content (AvgIpc) is 2.75. The van der Waals surface area contributed by atoms with Crippen LogP contribution in [0, 0.1) is 5.92 Å². The van der Waals surface area contributed by atoms with Gasteiger partial charge >= 0.3 is 0 Å². The van der Waals surface area contributed by atoms with Gasteiger partial charge in [-0.05, 0) is 77.5 Å². The van der Waals surface area contributed by atoms with E-state index in [2.05, 4.69) is 83.1 Å². The first-order valence-electron chi connectivity index (χ1n) is 12.1. The minimum absolute atomic E-state index is 0.129. The molecule has 0 heteroatoms. The van der Waals surface area contributed by atoms with Crippen molar-refractivity contribution in [1.82, 2.24) is 0 Å². The van der Waals surface area contributed by atoms with E-state index in [1.807, 2.05) is 0 Å². The van der Waals surface area contributed by atoms with Crippen molar-refractivity contribution < 1.29 is 0 Å². The van der Waals surface area contributed by atoms with Crippen LogP contribution in [0.2, 0.25) is 0 Å². The molecule has 0 N–H and O–H groups in total. The van der Waals surface area contributed by atoms with Gasteiger partial charge in [0.05, 0.1) is 0 Å². The maximum absolute atomic E-state index is 2.43. The third-order valence-electron chi connectivity index (χ3n) is 7.77. The summed E-state index contributed by atoms with van der Waals surface area (Å²) in [6, 6.07) is 19.0. The maximum atomic E-state index is 2.43. The molecular formula is C29H42. The molecule has 0 amide bonds. The molecule has 0 aromatic heterocycles. The van der Waals surface area contributed by atoms with Gasteiger partial charge in [-0.2, -0.15) is 0 Å². The Hall–Kier alpha value is -1.56. The fourth-order valence-corrected chi connectivity index (χ4v) is 5.31. The zero-order valence-electron chi connectivity index (χ0n) is 19.5. The van der Waals surface area contributed by atoms with Crippen LogP contribution in [-0.2, 0) is 11.8 Å². The molecule has 1 fully saturated rings. The molecule has 0 saturated heterocycles. The molecule has 1 aliphatic rings. The number of hydrogen-bond donors (Lipinski definition) is 0. The van der Waals surface area contributed by atoms with E-state index < -0.39 is 0 Å². The average molecular weight is 391 g/mol. The number of benzene rings is 2. The Kier molecular flexibility index (Phi) is 7.60. The SMILES string of the molecule is CCCc1ccc([C@@H](C)C(C)(C)c2ccc(C3CCC(CCC)CC3)cc2)cc1. The normalized spacial score (nSPS) is 21.1. The Labute approximate surface area is 180 Å². The fourth-order valence-electron chi connectivity index (χ4n) is 5.31. The molecule has 2 aromatic rings. The fraction of sp³-hybridized carbons (Fsp3) is 0.586. The van der Waals surface area contributed by atoms with Crippen LogP contribution in [0.4, 0.5) is 0 Å². The molecule has 3 rings (SSSR count). The van der Waals surface area contributed by atoms with Gasteiger partial charge in [-0.15, -0.1) is 0 Å². The van der Waals surface area contributed by atoms with E-state index in [4.69, 9.17) is 0 Å². The predicted octanol–water partition coefficient (Wildman–Crippen LogP) is 8.79. The third-order valence-corrected chi connectivity index (χ3v) is 7.77. The van der Waals surface area contributed by atoms with Crippen LogP contribution in [0.1, 0.15) is 114 Å². The van der Waals surface area contributed by atoms with Crippen molar-refractivity contribution in [3.05, 3.63) is 70.8 Å². The van der Waals surface area contributed by atoms with E-state index in [-0.39, 0.29) is 5.41 Å². The highest BCUT2D eigenvalue weighted by atomic mass is 14.3. The summed E-state index contributed by atoms with van der Waals surface area (Å²) < 4.78 is 0.